The van der Waals surface area contributed by atoms with Crippen LogP contribution in [-0.4, -0.2) is 53.6 Å². The molecule has 2 heterocycles. The van der Waals surface area contributed by atoms with Crippen molar-refractivity contribution in [3.8, 4) is 0 Å². The summed E-state index contributed by atoms with van der Waals surface area (Å²) in [4.78, 5) is 28.9. The lowest BCUT2D eigenvalue weighted by Gasteiger charge is -2.35. The molecule has 1 fully saturated rings. The number of amides is 2. The van der Waals surface area contributed by atoms with Gasteiger partial charge in [-0.05, 0) is 38.6 Å². The molecule has 5 nitrogen and oxygen atoms in total. The largest absolute Gasteiger partial charge is 0.444 e. The minimum absolute atomic E-state index is 0.164. The summed E-state index contributed by atoms with van der Waals surface area (Å²) in [7, 11) is 0. The highest BCUT2D eigenvalue weighted by Gasteiger charge is 2.27. The number of aryl methyl sites for hydroxylation is 1. The standard InChI is InChI=1S/C16H24N2O3S/c1-16(2,3)21-15(20)18-10-8-17(9-11-18)14(19)7-6-13-5-4-12-22-13/h4-5,12H,6-11H2,1-3H3. The lowest BCUT2D eigenvalue weighted by Crippen LogP contribution is -2.51. The van der Waals surface area contributed by atoms with Crippen LogP contribution in [0.4, 0.5) is 4.79 Å². The van der Waals surface area contributed by atoms with E-state index < -0.39 is 5.60 Å². The third kappa shape index (κ3) is 5.02. The minimum Gasteiger partial charge on any atom is -0.444 e. The molecule has 0 spiro atoms. The van der Waals surface area contributed by atoms with E-state index in [2.05, 4.69) is 6.07 Å². The van der Waals surface area contributed by atoms with Crippen LogP contribution >= 0.6 is 11.3 Å². The highest BCUT2D eigenvalue weighted by atomic mass is 32.1. The molecule has 0 bridgehead atoms. The van der Waals surface area contributed by atoms with Crippen LogP contribution in [0, 0.1) is 0 Å². The SMILES string of the molecule is CC(C)(C)OC(=O)N1CCN(C(=O)CCc2cccs2)CC1. The topological polar surface area (TPSA) is 49.9 Å². The fraction of sp³-hybridized carbons (Fsp3) is 0.625. The summed E-state index contributed by atoms with van der Waals surface area (Å²) in [5.41, 5.74) is -0.481. The van der Waals surface area contributed by atoms with Crippen LogP contribution in [-0.2, 0) is 16.0 Å². The Balaban J connectivity index is 1.74. The Bertz CT molecular complexity index is 500. The molecule has 1 aliphatic rings. The molecule has 0 N–H and O–H groups in total. The van der Waals surface area contributed by atoms with E-state index in [0.717, 1.165) is 6.42 Å². The fourth-order valence-electron chi connectivity index (χ4n) is 2.31. The van der Waals surface area contributed by atoms with Gasteiger partial charge in [-0.25, -0.2) is 4.79 Å². The van der Waals surface area contributed by atoms with E-state index in [1.165, 1.54) is 4.88 Å². The number of nitrogens with zero attached hydrogens (tertiary/aromatic N) is 2. The van der Waals surface area contributed by atoms with E-state index in [1.807, 2.05) is 37.1 Å². The van der Waals surface area contributed by atoms with Crippen molar-refractivity contribution in [2.75, 3.05) is 26.2 Å². The van der Waals surface area contributed by atoms with Crippen LogP contribution in [0.1, 0.15) is 32.1 Å². The summed E-state index contributed by atoms with van der Waals surface area (Å²) >= 11 is 1.68. The Kier molecular flexibility index (Phi) is 5.45. The quantitative estimate of drug-likeness (QED) is 0.859. The zero-order valence-electron chi connectivity index (χ0n) is 13.5. The highest BCUT2D eigenvalue weighted by Crippen LogP contribution is 2.14. The molecule has 1 aromatic heterocycles. The molecule has 0 unspecified atom stereocenters. The first-order valence-corrected chi connectivity index (χ1v) is 8.51. The minimum atomic E-state index is -0.481. The maximum Gasteiger partial charge on any atom is 0.410 e. The third-order valence-electron chi connectivity index (χ3n) is 3.45. The number of piperazine rings is 1. The Morgan fingerprint density at radius 3 is 2.36 bits per heavy atom. The maximum atomic E-state index is 12.2. The van der Waals surface area contributed by atoms with E-state index in [-0.39, 0.29) is 12.0 Å². The molecule has 2 rings (SSSR count). The Morgan fingerprint density at radius 2 is 1.82 bits per heavy atom. The number of hydrogen-bond acceptors (Lipinski definition) is 4. The molecule has 122 valence electrons. The molecule has 0 radical (unpaired) electrons. The van der Waals surface area contributed by atoms with Crippen molar-refractivity contribution in [3.05, 3.63) is 22.4 Å². The van der Waals surface area contributed by atoms with E-state index in [9.17, 15) is 9.59 Å². The van der Waals surface area contributed by atoms with Crippen LogP contribution in [0.15, 0.2) is 17.5 Å². The van der Waals surface area contributed by atoms with E-state index in [0.29, 0.717) is 32.6 Å². The monoisotopic (exact) mass is 324 g/mol. The van der Waals surface area contributed by atoms with Crippen LogP contribution < -0.4 is 0 Å². The van der Waals surface area contributed by atoms with Gasteiger partial charge in [0.25, 0.3) is 0 Å². The van der Waals surface area contributed by atoms with Crippen molar-refractivity contribution >= 4 is 23.3 Å². The molecule has 0 atom stereocenters. The molecule has 0 aromatic carbocycles. The first-order chi connectivity index (χ1) is 10.3. The zero-order chi connectivity index (χ0) is 16.2. The van der Waals surface area contributed by atoms with Crippen molar-refractivity contribution in [1.29, 1.82) is 0 Å². The van der Waals surface area contributed by atoms with Crippen LogP contribution in [0.25, 0.3) is 0 Å². The average Bonchev–Trinajstić information content (AvgIpc) is 2.96. The van der Waals surface area contributed by atoms with Gasteiger partial charge in [0.05, 0.1) is 0 Å². The molecule has 6 heteroatoms. The first-order valence-electron chi connectivity index (χ1n) is 7.63. The molecule has 1 aliphatic heterocycles. The molecule has 22 heavy (non-hydrogen) atoms. The lowest BCUT2D eigenvalue weighted by atomic mass is 10.2. The number of thiophene rings is 1. The zero-order valence-corrected chi connectivity index (χ0v) is 14.3. The summed E-state index contributed by atoms with van der Waals surface area (Å²) in [5, 5.41) is 2.03. The number of carbonyl (C=O) groups is 2. The Labute approximate surface area is 135 Å². The molecule has 0 aliphatic carbocycles. The molecular weight excluding hydrogens is 300 g/mol. The summed E-state index contributed by atoms with van der Waals surface area (Å²) in [5.74, 6) is 0.164. The van der Waals surface area contributed by atoms with Crippen molar-refractivity contribution < 1.29 is 14.3 Å². The number of rotatable bonds is 3. The van der Waals surface area contributed by atoms with Gasteiger partial charge < -0.3 is 14.5 Å². The normalized spacial score (nSPS) is 15.8. The number of carbonyl (C=O) groups excluding carboxylic acids is 2. The van der Waals surface area contributed by atoms with Gasteiger partial charge in [0.2, 0.25) is 5.91 Å². The summed E-state index contributed by atoms with van der Waals surface area (Å²) in [6, 6.07) is 4.06. The fourth-order valence-corrected chi connectivity index (χ4v) is 3.02. The van der Waals surface area contributed by atoms with Gasteiger partial charge in [0, 0.05) is 37.5 Å². The summed E-state index contributed by atoms with van der Waals surface area (Å²) in [6.07, 6.45) is 1.04. The molecule has 2 amide bonds. The van der Waals surface area contributed by atoms with Gasteiger partial charge in [-0.3, -0.25) is 4.79 Å². The lowest BCUT2D eigenvalue weighted by molar-refractivity contribution is -0.132. The van der Waals surface area contributed by atoms with Gasteiger partial charge in [-0.2, -0.15) is 0 Å². The van der Waals surface area contributed by atoms with Gasteiger partial charge in [0.1, 0.15) is 5.60 Å². The van der Waals surface area contributed by atoms with Gasteiger partial charge in [0.15, 0.2) is 0 Å². The van der Waals surface area contributed by atoms with Gasteiger partial charge in [-0.15, -0.1) is 11.3 Å². The Hall–Kier alpha value is -1.56. The number of hydrogen-bond donors (Lipinski definition) is 0. The third-order valence-corrected chi connectivity index (χ3v) is 4.39. The van der Waals surface area contributed by atoms with Crippen molar-refractivity contribution in [2.45, 2.75) is 39.2 Å². The van der Waals surface area contributed by atoms with Crippen LogP contribution in [0.5, 0.6) is 0 Å². The van der Waals surface area contributed by atoms with Crippen molar-refractivity contribution in [3.63, 3.8) is 0 Å². The summed E-state index contributed by atoms with van der Waals surface area (Å²) in [6.45, 7) is 7.82. The average molecular weight is 324 g/mol. The van der Waals surface area contributed by atoms with Crippen molar-refractivity contribution in [1.82, 2.24) is 9.80 Å². The molecule has 0 saturated carbocycles. The van der Waals surface area contributed by atoms with Gasteiger partial charge >= 0.3 is 6.09 Å². The molecular formula is C16H24N2O3S. The van der Waals surface area contributed by atoms with Gasteiger partial charge in [-0.1, -0.05) is 6.07 Å². The molecule has 1 saturated heterocycles. The second-order valence-corrected chi connectivity index (χ2v) is 7.46. The van der Waals surface area contributed by atoms with Crippen LogP contribution in [0.3, 0.4) is 0 Å². The van der Waals surface area contributed by atoms with E-state index in [4.69, 9.17) is 4.74 Å². The van der Waals surface area contributed by atoms with E-state index >= 15 is 0 Å². The second kappa shape index (κ2) is 7.13. The van der Waals surface area contributed by atoms with Crippen LogP contribution in [0.2, 0.25) is 0 Å². The smallest absolute Gasteiger partial charge is 0.410 e. The summed E-state index contributed by atoms with van der Waals surface area (Å²) < 4.78 is 5.35. The highest BCUT2D eigenvalue weighted by molar-refractivity contribution is 7.09. The number of ether oxygens (including phenoxy) is 1. The maximum absolute atomic E-state index is 12.2. The van der Waals surface area contributed by atoms with Crippen molar-refractivity contribution in [2.24, 2.45) is 0 Å². The van der Waals surface area contributed by atoms with E-state index in [1.54, 1.807) is 16.2 Å². The molecule has 1 aromatic rings. The second-order valence-electron chi connectivity index (χ2n) is 6.43. The predicted molar refractivity (Wildman–Crippen MR) is 87.0 cm³/mol. The first kappa shape index (κ1) is 16.8. The predicted octanol–water partition coefficient (Wildman–Crippen LogP) is 2.76. The Morgan fingerprint density at radius 1 is 1.18 bits per heavy atom.